The SMILES string of the molecule is CC1(C)c2ccccc2-c2ccc(C(Cc3ccc(-c4ccc(N(c5ccc(-c6ccccc6)cc5)c5ccc(-c6ccccc6)cc5)cc4)c(-c4ccccc4)c3)c3ccccc3)cc21. The fourth-order valence-electron chi connectivity index (χ4n) is 10.2. The van der Waals surface area contributed by atoms with E-state index in [1.165, 1.54) is 83.5 Å². The number of nitrogens with zero attached hydrogens (tertiary/aromatic N) is 1. The summed E-state index contributed by atoms with van der Waals surface area (Å²) in [7, 11) is 0. The Morgan fingerprint density at radius 1 is 0.318 bits per heavy atom. The predicted molar refractivity (Wildman–Crippen MR) is 279 cm³/mol. The third-order valence-corrected chi connectivity index (χ3v) is 13.7. The molecule has 10 aromatic rings. The predicted octanol–water partition coefficient (Wildman–Crippen LogP) is 17.5. The Bertz CT molecular complexity index is 3160. The summed E-state index contributed by atoms with van der Waals surface area (Å²) in [6.45, 7) is 4.75. The Labute approximate surface area is 390 Å². The lowest BCUT2D eigenvalue weighted by molar-refractivity contribution is 0.657. The lowest BCUT2D eigenvalue weighted by Crippen LogP contribution is -2.16. The standard InChI is InChI=1S/C65H51N/c1-65(2)63-26-16-15-25-59(63)60-42-34-54(45-64(60)65)61(51-21-11-5-12-22-51)43-46-27-41-58(62(44-46)52-23-13-6-14-24-52)53-32-39-57(40-33-53)66(55-35-28-49(29-36-55)47-17-7-3-8-18-47)56-37-30-50(31-38-56)48-19-9-4-10-20-48/h3-42,44-45,61H,43H2,1-2H3. The smallest absolute Gasteiger partial charge is 0.0462 e. The number of rotatable bonds is 11. The molecule has 0 spiro atoms. The monoisotopic (exact) mass is 845 g/mol. The fraction of sp³-hybridized carbons (Fsp3) is 0.0769. The van der Waals surface area contributed by atoms with Gasteiger partial charge in [0.2, 0.25) is 0 Å². The van der Waals surface area contributed by atoms with E-state index in [0.717, 1.165) is 23.5 Å². The zero-order valence-corrected chi connectivity index (χ0v) is 37.5. The van der Waals surface area contributed by atoms with Gasteiger partial charge in [0.05, 0.1) is 0 Å². The van der Waals surface area contributed by atoms with Crippen LogP contribution < -0.4 is 4.90 Å². The van der Waals surface area contributed by atoms with Gasteiger partial charge in [0.15, 0.2) is 0 Å². The average molecular weight is 846 g/mol. The van der Waals surface area contributed by atoms with E-state index in [0.29, 0.717) is 0 Å². The molecular formula is C65H51N. The zero-order chi connectivity index (χ0) is 44.5. The van der Waals surface area contributed by atoms with E-state index in [2.05, 4.69) is 274 Å². The molecule has 1 atom stereocenters. The van der Waals surface area contributed by atoms with E-state index in [-0.39, 0.29) is 11.3 Å². The van der Waals surface area contributed by atoms with Gasteiger partial charge in [-0.05, 0) is 126 Å². The highest BCUT2D eigenvalue weighted by atomic mass is 15.1. The quantitative estimate of drug-likeness (QED) is 0.125. The number of fused-ring (bicyclic) bond motifs is 3. The minimum atomic E-state index is -0.0577. The van der Waals surface area contributed by atoms with Gasteiger partial charge < -0.3 is 4.90 Å². The van der Waals surface area contributed by atoms with Gasteiger partial charge >= 0.3 is 0 Å². The van der Waals surface area contributed by atoms with Crippen LogP contribution in [-0.2, 0) is 11.8 Å². The zero-order valence-electron chi connectivity index (χ0n) is 37.5. The number of hydrogen-bond acceptors (Lipinski definition) is 1. The Kier molecular flexibility index (Phi) is 10.8. The van der Waals surface area contributed by atoms with Crippen molar-refractivity contribution in [2.24, 2.45) is 0 Å². The number of anilines is 3. The van der Waals surface area contributed by atoms with Crippen molar-refractivity contribution in [1.29, 1.82) is 0 Å². The summed E-state index contributed by atoms with van der Waals surface area (Å²) < 4.78 is 0. The van der Waals surface area contributed by atoms with Crippen molar-refractivity contribution < 1.29 is 0 Å². The molecule has 1 unspecified atom stereocenters. The maximum Gasteiger partial charge on any atom is 0.0462 e. The molecule has 1 heteroatoms. The van der Waals surface area contributed by atoms with E-state index >= 15 is 0 Å². The summed E-state index contributed by atoms with van der Waals surface area (Å²) >= 11 is 0. The summed E-state index contributed by atoms with van der Waals surface area (Å²) in [6.07, 6.45) is 0.885. The topological polar surface area (TPSA) is 3.24 Å². The van der Waals surface area contributed by atoms with Crippen LogP contribution in [0.2, 0.25) is 0 Å². The van der Waals surface area contributed by atoms with E-state index < -0.39 is 0 Å². The first-order valence-electron chi connectivity index (χ1n) is 23.2. The molecular weight excluding hydrogens is 795 g/mol. The summed E-state index contributed by atoms with van der Waals surface area (Å²) in [5, 5.41) is 0. The maximum absolute atomic E-state index is 2.50. The van der Waals surface area contributed by atoms with Crippen LogP contribution in [0.1, 0.15) is 47.6 Å². The Balaban J connectivity index is 0.953. The van der Waals surface area contributed by atoms with Crippen molar-refractivity contribution in [2.45, 2.75) is 31.6 Å². The largest absolute Gasteiger partial charge is 0.311 e. The third-order valence-electron chi connectivity index (χ3n) is 13.7. The summed E-state index contributed by atoms with van der Waals surface area (Å²) in [4.78, 5) is 2.36. The third kappa shape index (κ3) is 7.84. The van der Waals surface area contributed by atoms with Gasteiger partial charge in [-0.3, -0.25) is 0 Å². The molecule has 11 rings (SSSR count). The molecule has 10 aromatic carbocycles. The number of hydrogen-bond donors (Lipinski definition) is 0. The molecule has 0 amide bonds. The molecule has 316 valence electrons. The first-order valence-corrected chi connectivity index (χ1v) is 23.2. The highest BCUT2D eigenvalue weighted by Crippen LogP contribution is 2.50. The molecule has 1 nitrogen and oxygen atoms in total. The van der Waals surface area contributed by atoms with Gasteiger partial charge in [-0.2, -0.15) is 0 Å². The molecule has 0 bridgehead atoms. The molecule has 0 N–H and O–H groups in total. The Morgan fingerprint density at radius 2 is 0.742 bits per heavy atom. The van der Waals surface area contributed by atoms with Crippen LogP contribution in [0, 0.1) is 0 Å². The summed E-state index contributed by atoms with van der Waals surface area (Å²) in [6, 6.07) is 93.4. The first-order chi connectivity index (χ1) is 32.5. The van der Waals surface area contributed by atoms with E-state index in [9.17, 15) is 0 Å². The maximum atomic E-state index is 2.50. The van der Waals surface area contributed by atoms with Gasteiger partial charge in [0.25, 0.3) is 0 Å². The molecule has 0 heterocycles. The van der Waals surface area contributed by atoms with Crippen LogP contribution in [0.4, 0.5) is 17.1 Å². The van der Waals surface area contributed by atoms with Crippen LogP contribution >= 0.6 is 0 Å². The summed E-state index contributed by atoms with van der Waals surface area (Å²) in [5.74, 6) is 0.194. The Morgan fingerprint density at radius 3 is 1.30 bits per heavy atom. The van der Waals surface area contributed by atoms with Crippen LogP contribution in [0.15, 0.2) is 255 Å². The molecule has 1 aliphatic carbocycles. The van der Waals surface area contributed by atoms with Crippen LogP contribution in [0.25, 0.3) is 55.6 Å². The van der Waals surface area contributed by atoms with Crippen molar-refractivity contribution in [2.75, 3.05) is 4.90 Å². The Hall–Kier alpha value is -8.00. The van der Waals surface area contributed by atoms with Crippen molar-refractivity contribution in [3.05, 3.63) is 283 Å². The molecule has 66 heavy (non-hydrogen) atoms. The van der Waals surface area contributed by atoms with Crippen molar-refractivity contribution in [3.63, 3.8) is 0 Å². The van der Waals surface area contributed by atoms with E-state index in [4.69, 9.17) is 0 Å². The van der Waals surface area contributed by atoms with E-state index in [1.807, 2.05) is 0 Å². The van der Waals surface area contributed by atoms with Crippen molar-refractivity contribution in [1.82, 2.24) is 0 Å². The molecule has 0 saturated heterocycles. The second kappa shape index (κ2) is 17.5. The summed E-state index contributed by atoms with van der Waals surface area (Å²) in [5.41, 5.74) is 22.5. The minimum Gasteiger partial charge on any atom is -0.311 e. The number of benzene rings is 10. The van der Waals surface area contributed by atoms with Crippen molar-refractivity contribution >= 4 is 17.1 Å². The molecule has 0 aliphatic heterocycles. The molecule has 0 radical (unpaired) electrons. The highest BCUT2D eigenvalue weighted by molar-refractivity contribution is 5.87. The van der Waals surface area contributed by atoms with Gasteiger partial charge in [0, 0.05) is 28.4 Å². The van der Waals surface area contributed by atoms with Crippen LogP contribution in [-0.4, -0.2) is 0 Å². The minimum absolute atomic E-state index is 0.0577. The lowest BCUT2D eigenvalue weighted by atomic mass is 9.79. The van der Waals surface area contributed by atoms with Gasteiger partial charge in [-0.15, -0.1) is 0 Å². The second-order valence-corrected chi connectivity index (χ2v) is 18.1. The molecule has 0 fully saturated rings. The van der Waals surface area contributed by atoms with E-state index in [1.54, 1.807) is 0 Å². The van der Waals surface area contributed by atoms with Crippen molar-refractivity contribution in [3.8, 4) is 55.6 Å². The normalized spacial score (nSPS) is 12.8. The second-order valence-electron chi connectivity index (χ2n) is 18.1. The van der Waals surface area contributed by atoms with Gasteiger partial charge in [0.1, 0.15) is 0 Å². The first kappa shape index (κ1) is 40.8. The van der Waals surface area contributed by atoms with Crippen LogP contribution in [0.5, 0.6) is 0 Å². The van der Waals surface area contributed by atoms with Gasteiger partial charge in [-0.25, -0.2) is 0 Å². The molecule has 0 saturated carbocycles. The molecule has 1 aliphatic rings. The molecule has 0 aromatic heterocycles. The fourth-order valence-corrected chi connectivity index (χ4v) is 10.2. The van der Waals surface area contributed by atoms with Crippen LogP contribution in [0.3, 0.4) is 0 Å². The highest BCUT2D eigenvalue weighted by Gasteiger charge is 2.35. The average Bonchev–Trinajstić information content (AvgIpc) is 3.62. The van der Waals surface area contributed by atoms with Gasteiger partial charge in [-0.1, -0.05) is 232 Å². The lowest BCUT2D eigenvalue weighted by Gasteiger charge is -2.26.